The molecule has 2 rings (SSSR count). The van der Waals surface area contributed by atoms with Gasteiger partial charge in [-0.1, -0.05) is 62.2 Å². The van der Waals surface area contributed by atoms with E-state index in [-0.39, 0.29) is 17.4 Å². The summed E-state index contributed by atoms with van der Waals surface area (Å²) in [6.07, 6.45) is 3.31. The number of rotatable bonds is 8. The molecule has 0 heterocycles. The smallest absolute Gasteiger partial charge is 0.261 e. The van der Waals surface area contributed by atoms with Gasteiger partial charge in [0.2, 0.25) is 5.91 Å². The van der Waals surface area contributed by atoms with Crippen LogP contribution in [0.25, 0.3) is 0 Å². The van der Waals surface area contributed by atoms with Gasteiger partial charge in [0.1, 0.15) is 5.75 Å². The molecule has 0 aliphatic carbocycles. The van der Waals surface area contributed by atoms with Crippen molar-refractivity contribution >= 4 is 29.1 Å². The van der Waals surface area contributed by atoms with Crippen molar-refractivity contribution in [3.8, 4) is 5.75 Å². The second-order valence-electron chi connectivity index (χ2n) is 6.17. The van der Waals surface area contributed by atoms with E-state index in [1.54, 1.807) is 18.2 Å². The summed E-state index contributed by atoms with van der Waals surface area (Å²) in [6, 6.07) is 16.3. The topological polar surface area (TPSA) is 79.5 Å². The maximum Gasteiger partial charge on any atom is 0.261 e. The maximum atomic E-state index is 12.5. The first-order valence-electron chi connectivity index (χ1n) is 9.26. The van der Waals surface area contributed by atoms with Crippen molar-refractivity contribution in [3.63, 3.8) is 0 Å². The minimum Gasteiger partial charge on any atom is -0.493 e. The molecule has 0 saturated heterocycles. The van der Waals surface area contributed by atoms with Crippen LogP contribution in [0.1, 0.15) is 42.1 Å². The lowest BCUT2D eigenvalue weighted by atomic mass is 10.1. The SMILES string of the molecule is CCCCCOc1ccccc1C(=O)NC(=S)NNC(=O)Cc1ccccc1. The molecule has 0 aliphatic rings. The molecule has 2 aromatic rings. The summed E-state index contributed by atoms with van der Waals surface area (Å²) in [7, 11) is 0. The van der Waals surface area contributed by atoms with E-state index in [4.69, 9.17) is 17.0 Å². The van der Waals surface area contributed by atoms with Crippen LogP contribution in [0, 0.1) is 0 Å². The van der Waals surface area contributed by atoms with Gasteiger partial charge in [0, 0.05) is 0 Å². The number of ether oxygens (including phenoxy) is 1. The van der Waals surface area contributed by atoms with Crippen molar-refractivity contribution in [2.45, 2.75) is 32.6 Å². The number of amides is 2. The monoisotopic (exact) mass is 399 g/mol. The van der Waals surface area contributed by atoms with E-state index in [0.29, 0.717) is 17.9 Å². The maximum absolute atomic E-state index is 12.5. The molecular formula is C21H25N3O3S. The molecule has 0 saturated carbocycles. The van der Waals surface area contributed by atoms with Gasteiger partial charge < -0.3 is 4.74 Å². The average molecular weight is 400 g/mol. The molecule has 2 aromatic carbocycles. The molecule has 7 heteroatoms. The van der Waals surface area contributed by atoms with Gasteiger partial charge in [-0.15, -0.1) is 0 Å². The summed E-state index contributed by atoms with van der Waals surface area (Å²) >= 11 is 5.08. The van der Waals surface area contributed by atoms with Crippen LogP contribution in [-0.2, 0) is 11.2 Å². The molecule has 0 bridgehead atoms. The summed E-state index contributed by atoms with van der Waals surface area (Å²) < 4.78 is 5.71. The number of unbranched alkanes of at least 4 members (excludes halogenated alkanes) is 2. The van der Waals surface area contributed by atoms with Crippen LogP contribution in [0.15, 0.2) is 54.6 Å². The lowest BCUT2D eigenvalue weighted by Crippen LogP contribution is -2.48. The van der Waals surface area contributed by atoms with Crippen molar-refractivity contribution in [1.29, 1.82) is 0 Å². The van der Waals surface area contributed by atoms with Crippen molar-refractivity contribution in [3.05, 3.63) is 65.7 Å². The second-order valence-corrected chi connectivity index (χ2v) is 6.58. The lowest BCUT2D eigenvalue weighted by molar-refractivity contribution is -0.121. The molecule has 0 spiro atoms. The zero-order valence-electron chi connectivity index (χ0n) is 15.9. The van der Waals surface area contributed by atoms with Gasteiger partial charge in [0.25, 0.3) is 5.91 Å². The van der Waals surface area contributed by atoms with Crippen LogP contribution in [-0.4, -0.2) is 23.5 Å². The molecule has 28 heavy (non-hydrogen) atoms. The highest BCUT2D eigenvalue weighted by Gasteiger charge is 2.14. The number of carbonyl (C=O) groups is 2. The van der Waals surface area contributed by atoms with Crippen LogP contribution < -0.4 is 20.9 Å². The number of carbonyl (C=O) groups excluding carboxylic acids is 2. The molecule has 3 N–H and O–H groups in total. The van der Waals surface area contributed by atoms with E-state index >= 15 is 0 Å². The van der Waals surface area contributed by atoms with E-state index in [1.165, 1.54) is 0 Å². The largest absolute Gasteiger partial charge is 0.493 e. The lowest BCUT2D eigenvalue weighted by Gasteiger charge is -2.13. The van der Waals surface area contributed by atoms with Crippen LogP contribution in [0.2, 0.25) is 0 Å². The van der Waals surface area contributed by atoms with Crippen molar-refractivity contribution in [1.82, 2.24) is 16.2 Å². The Bertz CT molecular complexity index is 796. The van der Waals surface area contributed by atoms with Gasteiger partial charge in [-0.05, 0) is 36.3 Å². The van der Waals surface area contributed by atoms with Crippen LogP contribution >= 0.6 is 12.2 Å². The van der Waals surface area contributed by atoms with Gasteiger partial charge in [-0.25, -0.2) is 0 Å². The zero-order valence-corrected chi connectivity index (χ0v) is 16.7. The molecule has 0 aliphatic heterocycles. The van der Waals surface area contributed by atoms with E-state index in [2.05, 4.69) is 23.1 Å². The van der Waals surface area contributed by atoms with Crippen molar-refractivity contribution < 1.29 is 14.3 Å². The highest BCUT2D eigenvalue weighted by Crippen LogP contribution is 2.18. The van der Waals surface area contributed by atoms with Crippen molar-refractivity contribution in [2.24, 2.45) is 0 Å². The van der Waals surface area contributed by atoms with E-state index in [0.717, 1.165) is 24.8 Å². The van der Waals surface area contributed by atoms with Gasteiger partial charge in [-0.3, -0.25) is 25.8 Å². The number of nitrogens with one attached hydrogen (secondary N) is 3. The third-order valence-electron chi connectivity index (χ3n) is 3.89. The summed E-state index contributed by atoms with van der Waals surface area (Å²) in [6.45, 7) is 2.67. The first kappa shape index (κ1) is 21.4. The first-order chi connectivity index (χ1) is 13.6. The molecular weight excluding hydrogens is 374 g/mol. The van der Waals surface area contributed by atoms with Crippen molar-refractivity contribution in [2.75, 3.05) is 6.61 Å². The molecule has 0 atom stereocenters. The number of hydrazine groups is 1. The number of thiocarbonyl (C=S) groups is 1. The molecule has 0 fully saturated rings. The highest BCUT2D eigenvalue weighted by atomic mass is 32.1. The summed E-state index contributed by atoms with van der Waals surface area (Å²) in [4.78, 5) is 24.4. The van der Waals surface area contributed by atoms with Gasteiger partial charge >= 0.3 is 0 Å². The van der Waals surface area contributed by atoms with E-state index < -0.39 is 5.91 Å². The Morgan fingerprint density at radius 1 is 0.964 bits per heavy atom. The molecule has 0 aromatic heterocycles. The normalized spacial score (nSPS) is 10.0. The number of hydrogen-bond donors (Lipinski definition) is 3. The number of benzene rings is 2. The molecule has 148 valence electrons. The molecule has 0 unspecified atom stereocenters. The Balaban J connectivity index is 1.82. The van der Waals surface area contributed by atoms with E-state index in [1.807, 2.05) is 36.4 Å². The Labute approximate surface area is 170 Å². The quantitative estimate of drug-likeness (QED) is 0.361. The fourth-order valence-electron chi connectivity index (χ4n) is 2.47. The predicted octanol–water partition coefficient (Wildman–Crippen LogP) is 3.13. The summed E-state index contributed by atoms with van der Waals surface area (Å²) in [5.41, 5.74) is 6.28. The number of para-hydroxylation sites is 1. The zero-order chi connectivity index (χ0) is 20.2. The van der Waals surface area contributed by atoms with Gasteiger partial charge in [-0.2, -0.15) is 0 Å². The van der Waals surface area contributed by atoms with Crippen LogP contribution in [0.4, 0.5) is 0 Å². The Kier molecular flexibility index (Phi) is 8.94. The molecule has 2 amide bonds. The van der Waals surface area contributed by atoms with Gasteiger partial charge in [0.05, 0.1) is 18.6 Å². The third kappa shape index (κ3) is 7.36. The minimum absolute atomic E-state index is 0.00666. The molecule has 6 nitrogen and oxygen atoms in total. The second kappa shape index (κ2) is 11.7. The van der Waals surface area contributed by atoms with Gasteiger partial charge in [0.15, 0.2) is 5.11 Å². The summed E-state index contributed by atoms with van der Waals surface area (Å²) in [5, 5.41) is 2.55. The third-order valence-corrected chi connectivity index (χ3v) is 4.09. The Hall–Kier alpha value is -2.93. The first-order valence-corrected chi connectivity index (χ1v) is 9.67. The summed E-state index contributed by atoms with van der Waals surface area (Å²) in [5.74, 6) is -0.157. The average Bonchev–Trinajstić information content (AvgIpc) is 2.71. The van der Waals surface area contributed by atoms with Crippen LogP contribution in [0.3, 0.4) is 0 Å². The minimum atomic E-state index is -0.402. The number of hydrogen-bond acceptors (Lipinski definition) is 4. The van der Waals surface area contributed by atoms with E-state index in [9.17, 15) is 9.59 Å². The van der Waals surface area contributed by atoms with Crippen LogP contribution in [0.5, 0.6) is 5.75 Å². The Morgan fingerprint density at radius 2 is 1.68 bits per heavy atom. The predicted molar refractivity (Wildman–Crippen MR) is 113 cm³/mol. The highest BCUT2D eigenvalue weighted by molar-refractivity contribution is 7.80. The molecule has 0 radical (unpaired) electrons. The Morgan fingerprint density at radius 3 is 2.43 bits per heavy atom. The fraction of sp³-hybridized carbons (Fsp3) is 0.286. The standard InChI is InChI=1S/C21H25N3O3S/c1-2-3-9-14-27-18-13-8-7-12-17(18)20(26)22-21(28)24-23-19(25)15-16-10-5-4-6-11-16/h4-8,10-13H,2-3,9,14-15H2,1H3,(H,23,25)(H2,22,24,26,28). The fourth-order valence-corrected chi connectivity index (χ4v) is 2.61.